The van der Waals surface area contributed by atoms with E-state index in [4.69, 9.17) is 9.97 Å². The third kappa shape index (κ3) is 2.84. The van der Waals surface area contributed by atoms with Gasteiger partial charge >= 0.3 is 0 Å². The molecular weight excluding hydrogens is 393 g/mol. The second-order valence-electron chi connectivity index (χ2n) is 7.05. The number of halogens is 1. The number of aromatic nitrogens is 7. The van der Waals surface area contributed by atoms with Crippen LogP contribution in [-0.4, -0.2) is 35.1 Å². The number of nitrogens with one attached hydrogen (secondary N) is 2. The van der Waals surface area contributed by atoms with Gasteiger partial charge in [-0.05, 0) is 30.3 Å². The van der Waals surface area contributed by atoms with E-state index in [1.807, 2.05) is 24.3 Å². The second kappa shape index (κ2) is 6.81. The lowest BCUT2D eigenvalue weighted by atomic mass is 10.1. The predicted octanol–water partition coefficient (Wildman–Crippen LogP) is 4.76. The highest BCUT2D eigenvalue weighted by atomic mass is 19.1. The molecule has 0 aliphatic rings. The first-order valence-corrected chi connectivity index (χ1v) is 9.62. The Balaban J connectivity index is 1.53. The first-order chi connectivity index (χ1) is 15.3. The lowest BCUT2D eigenvalue weighted by molar-refractivity contribution is 0.631. The van der Waals surface area contributed by atoms with Crippen LogP contribution in [0.25, 0.3) is 56.0 Å². The molecular formula is C23H14FN7. The number of imidazole rings is 1. The maximum absolute atomic E-state index is 14.4. The Kier molecular flexibility index (Phi) is 3.82. The van der Waals surface area contributed by atoms with Crippen molar-refractivity contribution in [3.05, 3.63) is 79.1 Å². The molecule has 7 nitrogen and oxygen atoms in total. The first-order valence-electron chi connectivity index (χ1n) is 9.62. The van der Waals surface area contributed by atoms with Crippen molar-refractivity contribution in [1.82, 2.24) is 35.1 Å². The van der Waals surface area contributed by atoms with E-state index in [2.05, 4.69) is 25.1 Å². The lowest BCUT2D eigenvalue weighted by Crippen LogP contribution is -1.88. The molecule has 0 amide bonds. The van der Waals surface area contributed by atoms with Crippen LogP contribution in [0.5, 0.6) is 0 Å². The van der Waals surface area contributed by atoms with Gasteiger partial charge in [0.05, 0.1) is 22.9 Å². The number of aromatic amines is 2. The fourth-order valence-corrected chi connectivity index (χ4v) is 3.67. The molecule has 0 aliphatic carbocycles. The van der Waals surface area contributed by atoms with Crippen LogP contribution in [0.1, 0.15) is 0 Å². The molecule has 6 rings (SSSR count). The second-order valence-corrected chi connectivity index (χ2v) is 7.05. The molecule has 5 heterocycles. The molecule has 1 aromatic carbocycles. The quantitative estimate of drug-likeness (QED) is 0.441. The van der Waals surface area contributed by atoms with Crippen LogP contribution in [0, 0.1) is 5.82 Å². The van der Waals surface area contributed by atoms with Gasteiger partial charge in [0, 0.05) is 35.3 Å². The van der Waals surface area contributed by atoms with E-state index in [0.717, 1.165) is 16.8 Å². The summed E-state index contributed by atoms with van der Waals surface area (Å²) in [7, 11) is 0. The number of nitrogens with zero attached hydrogens (tertiary/aromatic N) is 5. The summed E-state index contributed by atoms with van der Waals surface area (Å²) in [5.41, 5.74) is 6.21. The van der Waals surface area contributed by atoms with Crippen molar-refractivity contribution >= 4 is 22.1 Å². The summed E-state index contributed by atoms with van der Waals surface area (Å²) in [6, 6.07) is 14.3. The van der Waals surface area contributed by atoms with E-state index >= 15 is 0 Å². The summed E-state index contributed by atoms with van der Waals surface area (Å²) in [6.07, 6.45) is 6.75. The number of H-pyrrole nitrogens is 2. The SMILES string of the molecule is Fc1ccccc1-c1cncc2[nH]c(-c3n[nH]c4ccc(-c5ccncc5)nc34)nc12. The average molecular weight is 407 g/mol. The monoisotopic (exact) mass is 407 g/mol. The Morgan fingerprint density at radius 2 is 1.61 bits per heavy atom. The summed E-state index contributed by atoms with van der Waals surface area (Å²) in [4.78, 5) is 21.1. The van der Waals surface area contributed by atoms with Gasteiger partial charge in [-0.3, -0.25) is 15.1 Å². The molecule has 8 heteroatoms. The smallest absolute Gasteiger partial charge is 0.161 e. The van der Waals surface area contributed by atoms with Crippen molar-refractivity contribution in [1.29, 1.82) is 0 Å². The topological polar surface area (TPSA) is 96.0 Å². The Hall–Kier alpha value is -4.46. The molecule has 0 saturated heterocycles. The van der Waals surface area contributed by atoms with Gasteiger partial charge in [0.1, 0.15) is 16.9 Å². The van der Waals surface area contributed by atoms with E-state index in [9.17, 15) is 4.39 Å². The minimum Gasteiger partial charge on any atom is -0.335 e. The fraction of sp³-hybridized carbons (Fsp3) is 0. The summed E-state index contributed by atoms with van der Waals surface area (Å²) in [5, 5.41) is 7.43. The number of benzene rings is 1. The molecule has 5 aromatic heterocycles. The molecule has 0 aliphatic heterocycles. The third-order valence-corrected chi connectivity index (χ3v) is 5.17. The van der Waals surface area contributed by atoms with Gasteiger partial charge in [0.15, 0.2) is 11.5 Å². The van der Waals surface area contributed by atoms with Crippen molar-refractivity contribution in [2.45, 2.75) is 0 Å². The molecule has 2 N–H and O–H groups in total. The zero-order valence-corrected chi connectivity index (χ0v) is 16.0. The van der Waals surface area contributed by atoms with Crippen LogP contribution in [0.2, 0.25) is 0 Å². The number of pyridine rings is 3. The lowest BCUT2D eigenvalue weighted by Gasteiger charge is -2.03. The van der Waals surface area contributed by atoms with Crippen molar-refractivity contribution in [2.24, 2.45) is 0 Å². The normalized spacial score (nSPS) is 11.4. The highest BCUT2D eigenvalue weighted by Crippen LogP contribution is 2.32. The number of fused-ring (bicyclic) bond motifs is 2. The highest BCUT2D eigenvalue weighted by molar-refractivity contribution is 5.95. The molecule has 0 fully saturated rings. The Morgan fingerprint density at radius 3 is 2.48 bits per heavy atom. The molecule has 0 spiro atoms. The summed E-state index contributed by atoms with van der Waals surface area (Å²) in [5.74, 6) is 0.210. The van der Waals surface area contributed by atoms with E-state index in [0.29, 0.717) is 39.2 Å². The minimum atomic E-state index is -0.324. The van der Waals surface area contributed by atoms with Gasteiger partial charge in [-0.25, -0.2) is 14.4 Å². The predicted molar refractivity (Wildman–Crippen MR) is 115 cm³/mol. The average Bonchev–Trinajstić information content (AvgIpc) is 3.43. The van der Waals surface area contributed by atoms with Crippen molar-refractivity contribution in [2.75, 3.05) is 0 Å². The van der Waals surface area contributed by atoms with Crippen molar-refractivity contribution in [3.63, 3.8) is 0 Å². The molecule has 0 bridgehead atoms. The van der Waals surface area contributed by atoms with Gasteiger partial charge in [-0.2, -0.15) is 5.10 Å². The zero-order valence-electron chi connectivity index (χ0n) is 16.0. The number of hydrogen-bond acceptors (Lipinski definition) is 5. The summed E-state index contributed by atoms with van der Waals surface area (Å²) in [6.45, 7) is 0. The van der Waals surface area contributed by atoms with Gasteiger partial charge in [-0.1, -0.05) is 18.2 Å². The Morgan fingerprint density at radius 1 is 0.742 bits per heavy atom. The molecule has 6 aromatic rings. The zero-order chi connectivity index (χ0) is 20.8. The van der Waals surface area contributed by atoms with E-state index < -0.39 is 0 Å². The third-order valence-electron chi connectivity index (χ3n) is 5.17. The largest absolute Gasteiger partial charge is 0.335 e. The molecule has 148 valence electrons. The molecule has 31 heavy (non-hydrogen) atoms. The van der Waals surface area contributed by atoms with Crippen LogP contribution >= 0.6 is 0 Å². The van der Waals surface area contributed by atoms with Crippen LogP contribution in [0.15, 0.2) is 73.3 Å². The van der Waals surface area contributed by atoms with Crippen molar-refractivity contribution < 1.29 is 4.39 Å². The minimum absolute atomic E-state index is 0.324. The fourth-order valence-electron chi connectivity index (χ4n) is 3.67. The summed E-state index contributed by atoms with van der Waals surface area (Å²) >= 11 is 0. The van der Waals surface area contributed by atoms with Gasteiger partial charge in [0.25, 0.3) is 0 Å². The standard InChI is InChI=1S/C23H14FN7/c24-16-4-2-1-3-14(16)15-11-26-12-19-20(15)29-23(28-19)22-21-18(30-31-22)6-5-17(27-21)13-7-9-25-10-8-13/h1-12H,(H,28,29)(H,30,31). The van der Waals surface area contributed by atoms with E-state index in [-0.39, 0.29) is 5.82 Å². The van der Waals surface area contributed by atoms with E-state index in [1.54, 1.807) is 43.0 Å². The molecule has 0 radical (unpaired) electrons. The molecule has 0 unspecified atom stereocenters. The first kappa shape index (κ1) is 17.4. The van der Waals surface area contributed by atoms with Gasteiger partial charge in [-0.15, -0.1) is 0 Å². The molecule has 0 saturated carbocycles. The molecule has 0 atom stereocenters. The maximum Gasteiger partial charge on any atom is 0.161 e. The van der Waals surface area contributed by atoms with Crippen LogP contribution < -0.4 is 0 Å². The number of rotatable bonds is 3. The van der Waals surface area contributed by atoms with Crippen LogP contribution in [-0.2, 0) is 0 Å². The highest BCUT2D eigenvalue weighted by Gasteiger charge is 2.18. The van der Waals surface area contributed by atoms with Gasteiger partial charge < -0.3 is 4.98 Å². The Bertz CT molecular complexity index is 1550. The Labute approximate surface area is 175 Å². The van der Waals surface area contributed by atoms with Crippen LogP contribution in [0.3, 0.4) is 0 Å². The van der Waals surface area contributed by atoms with Crippen molar-refractivity contribution in [3.8, 4) is 33.9 Å². The van der Waals surface area contributed by atoms with Crippen LogP contribution in [0.4, 0.5) is 4.39 Å². The number of hydrogen-bond donors (Lipinski definition) is 2. The summed E-state index contributed by atoms with van der Waals surface area (Å²) < 4.78 is 14.4. The maximum atomic E-state index is 14.4. The van der Waals surface area contributed by atoms with E-state index in [1.165, 1.54) is 6.07 Å². The van der Waals surface area contributed by atoms with Gasteiger partial charge in [0.2, 0.25) is 0 Å².